The summed E-state index contributed by atoms with van der Waals surface area (Å²) in [7, 11) is 0. The second kappa shape index (κ2) is 4.32. The van der Waals surface area contributed by atoms with Gasteiger partial charge in [-0.15, -0.1) is 11.6 Å². The summed E-state index contributed by atoms with van der Waals surface area (Å²) in [6.45, 7) is 3.72. The Bertz CT molecular complexity index is 300. The Morgan fingerprint density at radius 1 is 1.71 bits per heavy atom. The van der Waals surface area contributed by atoms with E-state index in [1.54, 1.807) is 0 Å². The van der Waals surface area contributed by atoms with Gasteiger partial charge in [0.25, 0.3) is 0 Å². The molecule has 0 aliphatic carbocycles. The van der Waals surface area contributed by atoms with Crippen LogP contribution in [0.4, 0.5) is 0 Å². The lowest BCUT2D eigenvalue weighted by Crippen LogP contribution is -2.22. The molecule has 2 heterocycles. The van der Waals surface area contributed by atoms with Gasteiger partial charge in [0.15, 0.2) is 0 Å². The molecule has 0 aromatic carbocycles. The van der Waals surface area contributed by atoms with E-state index in [4.69, 9.17) is 16.3 Å². The first-order valence-corrected chi connectivity index (χ1v) is 5.52. The van der Waals surface area contributed by atoms with Gasteiger partial charge in [-0.25, -0.2) is 0 Å². The van der Waals surface area contributed by atoms with Gasteiger partial charge in [-0.05, 0) is 25.8 Å². The minimum absolute atomic E-state index is 0.133. The van der Waals surface area contributed by atoms with Crippen LogP contribution in [0.5, 0.6) is 0 Å². The first-order valence-electron chi connectivity index (χ1n) is 5.08. The number of rotatable bonds is 2. The van der Waals surface area contributed by atoms with Crippen molar-refractivity contribution in [3.63, 3.8) is 0 Å². The van der Waals surface area contributed by atoms with Crippen LogP contribution in [0.3, 0.4) is 0 Å². The monoisotopic (exact) mass is 214 g/mol. The maximum atomic E-state index is 6.11. The van der Waals surface area contributed by atoms with Gasteiger partial charge < -0.3 is 4.74 Å². The molecule has 0 bridgehead atoms. The molecule has 78 valence electrons. The fourth-order valence-electron chi connectivity index (χ4n) is 1.84. The second-order valence-electron chi connectivity index (χ2n) is 3.55. The van der Waals surface area contributed by atoms with E-state index in [2.05, 4.69) is 12.0 Å². The first kappa shape index (κ1) is 9.99. The van der Waals surface area contributed by atoms with E-state index in [1.165, 1.54) is 0 Å². The highest BCUT2D eigenvalue weighted by atomic mass is 35.5. The number of hydrogen-bond donors (Lipinski definition) is 0. The van der Waals surface area contributed by atoms with Crippen LogP contribution in [0.15, 0.2) is 12.3 Å². The van der Waals surface area contributed by atoms with E-state index >= 15 is 0 Å². The lowest BCUT2D eigenvalue weighted by molar-refractivity contribution is 0.0115. The third-order valence-corrected chi connectivity index (χ3v) is 3.00. The van der Waals surface area contributed by atoms with Crippen molar-refractivity contribution < 1.29 is 4.74 Å². The van der Waals surface area contributed by atoms with Crippen molar-refractivity contribution >= 4 is 11.6 Å². The van der Waals surface area contributed by atoms with E-state index < -0.39 is 0 Å². The number of ether oxygens (including phenoxy) is 1. The van der Waals surface area contributed by atoms with Crippen LogP contribution in [0.1, 0.15) is 31.6 Å². The molecular weight excluding hydrogens is 200 g/mol. The molecule has 3 nitrogen and oxygen atoms in total. The number of halogens is 1. The predicted molar refractivity (Wildman–Crippen MR) is 55.5 cm³/mol. The van der Waals surface area contributed by atoms with Crippen LogP contribution in [0.2, 0.25) is 0 Å². The highest BCUT2D eigenvalue weighted by molar-refractivity contribution is 6.20. The smallest absolute Gasteiger partial charge is 0.100 e. The van der Waals surface area contributed by atoms with Crippen molar-refractivity contribution in [3.05, 3.63) is 18.0 Å². The van der Waals surface area contributed by atoms with Crippen molar-refractivity contribution in [3.8, 4) is 0 Å². The molecule has 1 fully saturated rings. The summed E-state index contributed by atoms with van der Waals surface area (Å²) in [4.78, 5) is 0. The molecule has 0 spiro atoms. The Kier molecular flexibility index (Phi) is 3.08. The second-order valence-corrected chi connectivity index (χ2v) is 4.17. The summed E-state index contributed by atoms with van der Waals surface area (Å²) in [6.07, 6.45) is 3.81. The van der Waals surface area contributed by atoms with E-state index in [0.717, 1.165) is 31.7 Å². The summed E-state index contributed by atoms with van der Waals surface area (Å²) >= 11 is 6.11. The molecule has 2 unspecified atom stereocenters. The van der Waals surface area contributed by atoms with Crippen molar-refractivity contribution in [1.82, 2.24) is 9.78 Å². The largest absolute Gasteiger partial charge is 0.372 e. The fourth-order valence-corrected chi connectivity index (χ4v) is 2.09. The van der Waals surface area contributed by atoms with Crippen LogP contribution >= 0.6 is 11.6 Å². The quantitative estimate of drug-likeness (QED) is 0.707. The van der Waals surface area contributed by atoms with Gasteiger partial charge >= 0.3 is 0 Å². The van der Waals surface area contributed by atoms with Crippen LogP contribution in [-0.4, -0.2) is 21.8 Å². The molecule has 0 radical (unpaired) electrons. The van der Waals surface area contributed by atoms with Crippen molar-refractivity contribution in [2.75, 3.05) is 6.61 Å². The fraction of sp³-hybridized carbons (Fsp3) is 0.700. The lowest BCUT2D eigenvalue weighted by Gasteiger charge is -2.26. The third kappa shape index (κ3) is 1.93. The zero-order chi connectivity index (χ0) is 9.97. The summed E-state index contributed by atoms with van der Waals surface area (Å²) in [5, 5.41) is 4.47. The van der Waals surface area contributed by atoms with Crippen LogP contribution in [0.25, 0.3) is 0 Å². The molecule has 2 atom stereocenters. The molecule has 0 N–H and O–H groups in total. The SMILES string of the molecule is CCn1nccc1C1CC(Cl)CCO1. The molecule has 14 heavy (non-hydrogen) atoms. The molecule has 1 saturated heterocycles. The highest BCUT2D eigenvalue weighted by Crippen LogP contribution is 2.30. The van der Waals surface area contributed by atoms with E-state index in [9.17, 15) is 0 Å². The molecule has 1 aliphatic heterocycles. The number of hydrogen-bond acceptors (Lipinski definition) is 2. The Hall–Kier alpha value is -0.540. The maximum absolute atomic E-state index is 6.11. The number of alkyl halides is 1. The maximum Gasteiger partial charge on any atom is 0.100 e. The molecular formula is C10H15ClN2O. The van der Waals surface area contributed by atoms with Gasteiger partial charge in [-0.1, -0.05) is 0 Å². The standard InChI is InChI=1S/C10H15ClN2O/c1-2-13-9(3-5-12-13)10-7-8(11)4-6-14-10/h3,5,8,10H,2,4,6-7H2,1H3. The number of aryl methyl sites for hydroxylation is 1. The van der Waals surface area contributed by atoms with Crippen molar-refractivity contribution in [2.45, 2.75) is 37.8 Å². The average Bonchev–Trinajstić information content (AvgIpc) is 2.65. The van der Waals surface area contributed by atoms with Crippen LogP contribution in [-0.2, 0) is 11.3 Å². The molecule has 2 rings (SSSR count). The van der Waals surface area contributed by atoms with Gasteiger partial charge in [0.2, 0.25) is 0 Å². The Balaban J connectivity index is 2.13. The Morgan fingerprint density at radius 2 is 2.57 bits per heavy atom. The van der Waals surface area contributed by atoms with Crippen molar-refractivity contribution in [1.29, 1.82) is 0 Å². The van der Waals surface area contributed by atoms with Crippen LogP contribution in [0, 0.1) is 0 Å². The number of nitrogens with zero attached hydrogens (tertiary/aromatic N) is 2. The topological polar surface area (TPSA) is 27.1 Å². The summed E-state index contributed by atoms with van der Waals surface area (Å²) in [5.74, 6) is 0. The van der Waals surface area contributed by atoms with Crippen LogP contribution < -0.4 is 0 Å². The van der Waals surface area contributed by atoms with E-state index in [0.29, 0.717) is 0 Å². The predicted octanol–water partition coefficient (Wildman–Crippen LogP) is 2.36. The zero-order valence-electron chi connectivity index (χ0n) is 8.32. The van der Waals surface area contributed by atoms with Gasteiger partial charge in [0.1, 0.15) is 6.10 Å². The number of aromatic nitrogens is 2. The summed E-state index contributed by atoms with van der Waals surface area (Å²) in [6, 6.07) is 2.02. The minimum atomic E-state index is 0.133. The molecule has 1 aromatic rings. The molecule has 4 heteroatoms. The average molecular weight is 215 g/mol. The van der Waals surface area contributed by atoms with Gasteiger partial charge in [-0.3, -0.25) is 4.68 Å². The third-order valence-electron chi connectivity index (χ3n) is 2.60. The van der Waals surface area contributed by atoms with E-state index in [1.807, 2.05) is 16.9 Å². The zero-order valence-corrected chi connectivity index (χ0v) is 9.07. The van der Waals surface area contributed by atoms with Gasteiger partial charge in [-0.2, -0.15) is 5.10 Å². The Labute approximate surface area is 89.0 Å². The Morgan fingerprint density at radius 3 is 3.29 bits per heavy atom. The normalized spacial score (nSPS) is 27.9. The van der Waals surface area contributed by atoms with Gasteiger partial charge in [0, 0.05) is 24.7 Å². The lowest BCUT2D eigenvalue weighted by atomic mass is 10.1. The minimum Gasteiger partial charge on any atom is -0.372 e. The summed E-state index contributed by atoms with van der Waals surface area (Å²) < 4.78 is 7.66. The van der Waals surface area contributed by atoms with Crippen molar-refractivity contribution in [2.24, 2.45) is 0 Å². The molecule has 1 aromatic heterocycles. The van der Waals surface area contributed by atoms with Gasteiger partial charge in [0.05, 0.1) is 5.69 Å². The van der Waals surface area contributed by atoms with E-state index in [-0.39, 0.29) is 11.5 Å². The first-order chi connectivity index (χ1) is 6.81. The molecule has 1 aliphatic rings. The molecule has 0 saturated carbocycles. The molecule has 0 amide bonds. The highest BCUT2D eigenvalue weighted by Gasteiger charge is 2.24. The summed E-state index contributed by atoms with van der Waals surface area (Å²) in [5.41, 5.74) is 1.15.